The van der Waals surface area contributed by atoms with Gasteiger partial charge in [-0.05, 0) is 24.3 Å². The molecule has 0 spiro atoms. The summed E-state index contributed by atoms with van der Waals surface area (Å²) in [6.45, 7) is 0. The second-order valence-electron chi connectivity index (χ2n) is 4.19. The van der Waals surface area contributed by atoms with E-state index in [9.17, 15) is 0 Å². The van der Waals surface area contributed by atoms with E-state index in [2.05, 4.69) is 15.3 Å². The Morgan fingerprint density at radius 1 is 1.10 bits per heavy atom. The molecule has 0 fully saturated rings. The van der Waals surface area contributed by atoms with Crippen molar-refractivity contribution >= 4 is 22.0 Å². The lowest BCUT2D eigenvalue weighted by atomic mass is 10.2. The molecule has 0 unspecified atom stereocenters. The Hall–Kier alpha value is -2.67. The lowest BCUT2D eigenvalue weighted by Crippen LogP contribution is -1.92. The van der Waals surface area contributed by atoms with Crippen LogP contribution in [0.2, 0.25) is 0 Å². The van der Waals surface area contributed by atoms with Gasteiger partial charge >= 0.3 is 0 Å². The zero-order valence-electron chi connectivity index (χ0n) is 10.2. The third-order valence-electron chi connectivity index (χ3n) is 2.92. The highest BCUT2D eigenvalue weighted by atomic mass is 32.1. The summed E-state index contributed by atoms with van der Waals surface area (Å²) in [5.41, 5.74) is 7.57. The van der Waals surface area contributed by atoms with Gasteiger partial charge in [0, 0.05) is 11.3 Å². The first-order chi connectivity index (χ1) is 9.83. The highest BCUT2D eigenvalue weighted by Gasteiger charge is 2.16. The Kier molecular flexibility index (Phi) is 2.33. The van der Waals surface area contributed by atoms with Gasteiger partial charge in [-0.3, -0.25) is 0 Å². The van der Waals surface area contributed by atoms with E-state index in [0.29, 0.717) is 22.2 Å². The van der Waals surface area contributed by atoms with E-state index in [1.807, 2.05) is 30.3 Å². The van der Waals surface area contributed by atoms with Crippen LogP contribution in [-0.4, -0.2) is 19.8 Å². The number of fused-ring (bicyclic) bond motifs is 1. The molecule has 1 aromatic carbocycles. The zero-order valence-corrected chi connectivity index (χ0v) is 11.0. The van der Waals surface area contributed by atoms with Crippen LogP contribution in [0.5, 0.6) is 0 Å². The second-order valence-corrected chi connectivity index (χ2v) is 5.15. The molecule has 7 heteroatoms. The van der Waals surface area contributed by atoms with Crippen LogP contribution in [0.4, 0.5) is 5.69 Å². The van der Waals surface area contributed by atoms with Gasteiger partial charge in [-0.15, -0.1) is 10.2 Å². The molecule has 0 aliphatic rings. The summed E-state index contributed by atoms with van der Waals surface area (Å²) in [5, 5.41) is 13.5. The molecule has 0 atom stereocenters. The van der Waals surface area contributed by atoms with E-state index in [1.54, 1.807) is 16.8 Å². The van der Waals surface area contributed by atoms with E-state index >= 15 is 0 Å². The summed E-state index contributed by atoms with van der Waals surface area (Å²) in [6, 6.07) is 11.2. The van der Waals surface area contributed by atoms with Crippen LogP contribution >= 0.6 is 11.3 Å². The number of para-hydroxylation sites is 1. The molecular weight excluding hydrogens is 274 g/mol. The normalized spacial score (nSPS) is 11.2. The summed E-state index contributed by atoms with van der Waals surface area (Å²) in [4.78, 5) is 0.703. The number of nitrogens with two attached hydrogens (primary N) is 1. The Labute approximate surface area is 117 Å². The Morgan fingerprint density at radius 2 is 2.00 bits per heavy atom. The van der Waals surface area contributed by atoms with Crippen LogP contribution < -0.4 is 5.73 Å². The van der Waals surface area contributed by atoms with Gasteiger partial charge in [0.1, 0.15) is 5.01 Å². The molecule has 0 aliphatic carbocycles. The molecule has 2 N–H and O–H groups in total. The molecule has 4 rings (SSSR count). The van der Waals surface area contributed by atoms with E-state index in [1.165, 1.54) is 11.3 Å². The van der Waals surface area contributed by atoms with Crippen molar-refractivity contribution in [3.8, 4) is 22.2 Å². The molecule has 3 heterocycles. The number of hydrogen-bond donors (Lipinski definition) is 1. The molecule has 0 radical (unpaired) electrons. The van der Waals surface area contributed by atoms with E-state index < -0.39 is 0 Å². The fourth-order valence-electron chi connectivity index (χ4n) is 1.98. The standard InChI is InChI=1S/C13H9N5OS/c14-9-5-2-1-4-8(9)12-17-18-11(10-6-3-7-19-10)15-16-13(18)20-12/h1-7H,14H2. The number of benzene rings is 1. The molecule has 0 amide bonds. The molecule has 6 nitrogen and oxygen atoms in total. The number of furan rings is 1. The van der Waals surface area contributed by atoms with Crippen molar-refractivity contribution in [3.63, 3.8) is 0 Å². The van der Waals surface area contributed by atoms with Crippen LogP contribution in [0.15, 0.2) is 47.1 Å². The number of nitrogens with zero attached hydrogens (tertiary/aromatic N) is 4. The number of rotatable bonds is 2. The molecule has 3 aromatic heterocycles. The van der Waals surface area contributed by atoms with Gasteiger partial charge in [-0.1, -0.05) is 23.5 Å². The van der Waals surface area contributed by atoms with Gasteiger partial charge in [0.25, 0.3) is 0 Å². The maximum atomic E-state index is 5.98. The minimum absolute atomic E-state index is 0.585. The van der Waals surface area contributed by atoms with Gasteiger partial charge in [0.05, 0.1) is 6.26 Å². The summed E-state index contributed by atoms with van der Waals surface area (Å²) >= 11 is 1.44. The average molecular weight is 283 g/mol. The van der Waals surface area contributed by atoms with Crippen molar-refractivity contribution < 1.29 is 4.42 Å². The molecular formula is C13H9N5OS. The number of nitrogen functional groups attached to an aromatic ring is 1. The van der Waals surface area contributed by atoms with Gasteiger partial charge < -0.3 is 10.2 Å². The first kappa shape index (κ1) is 11.2. The van der Waals surface area contributed by atoms with Crippen LogP contribution in [0.25, 0.3) is 27.1 Å². The SMILES string of the molecule is Nc1ccccc1-c1nn2c(-c3ccco3)nnc2s1. The molecule has 0 aliphatic heterocycles. The van der Waals surface area contributed by atoms with Crippen LogP contribution in [-0.2, 0) is 0 Å². The third kappa shape index (κ3) is 1.60. The maximum Gasteiger partial charge on any atom is 0.235 e. The van der Waals surface area contributed by atoms with Crippen molar-refractivity contribution in [1.82, 2.24) is 19.8 Å². The van der Waals surface area contributed by atoms with E-state index in [0.717, 1.165) is 10.6 Å². The number of hydrogen-bond acceptors (Lipinski definition) is 6. The van der Waals surface area contributed by atoms with Crippen LogP contribution in [0.3, 0.4) is 0 Å². The van der Waals surface area contributed by atoms with Crippen molar-refractivity contribution in [1.29, 1.82) is 0 Å². The fourth-order valence-corrected chi connectivity index (χ4v) is 2.86. The molecule has 0 saturated heterocycles. The van der Waals surface area contributed by atoms with Gasteiger partial charge in [-0.2, -0.15) is 9.61 Å². The highest BCUT2D eigenvalue weighted by Crippen LogP contribution is 2.31. The summed E-state index contributed by atoms with van der Waals surface area (Å²) < 4.78 is 7.01. The number of anilines is 1. The van der Waals surface area contributed by atoms with Crippen molar-refractivity contribution in [2.24, 2.45) is 0 Å². The van der Waals surface area contributed by atoms with Gasteiger partial charge in [0.2, 0.25) is 10.8 Å². The first-order valence-electron chi connectivity index (χ1n) is 5.94. The van der Waals surface area contributed by atoms with Crippen molar-refractivity contribution in [3.05, 3.63) is 42.7 Å². The fraction of sp³-hybridized carbons (Fsp3) is 0. The van der Waals surface area contributed by atoms with Crippen LogP contribution in [0, 0.1) is 0 Å². The smallest absolute Gasteiger partial charge is 0.235 e. The average Bonchev–Trinajstić information content (AvgIpc) is 3.14. The van der Waals surface area contributed by atoms with Gasteiger partial charge in [-0.25, -0.2) is 0 Å². The highest BCUT2D eigenvalue weighted by molar-refractivity contribution is 7.19. The predicted molar refractivity (Wildman–Crippen MR) is 76.2 cm³/mol. The lowest BCUT2D eigenvalue weighted by Gasteiger charge is -1.99. The van der Waals surface area contributed by atoms with E-state index in [-0.39, 0.29) is 0 Å². The Balaban J connectivity index is 1.91. The molecule has 0 saturated carbocycles. The largest absolute Gasteiger partial charge is 0.461 e. The minimum Gasteiger partial charge on any atom is -0.461 e. The Morgan fingerprint density at radius 3 is 2.80 bits per heavy atom. The molecule has 20 heavy (non-hydrogen) atoms. The van der Waals surface area contributed by atoms with E-state index in [4.69, 9.17) is 10.2 Å². The predicted octanol–water partition coefficient (Wildman–Crippen LogP) is 2.70. The zero-order chi connectivity index (χ0) is 13.5. The Bertz CT molecular complexity index is 877. The summed E-state index contributed by atoms with van der Waals surface area (Å²) in [7, 11) is 0. The van der Waals surface area contributed by atoms with Gasteiger partial charge in [0.15, 0.2) is 5.76 Å². The minimum atomic E-state index is 0.585. The quantitative estimate of drug-likeness (QED) is 0.572. The lowest BCUT2D eigenvalue weighted by molar-refractivity contribution is 0.575. The monoisotopic (exact) mass is 283 g/mol. The number of aromatic nitrogens is 4. The first-order valence-corrected chi connectivity index (χ1v) is 6.75. The second kappa shape index (κ2) is 4.17. The maximum absolute atomic E-state index is 5.98. The topological polar surface area (TPSA) is 82.2 Å². The third-order valence-corrected chi connectivity index (χ3v) is 3.86. The van der Waals surface area contributed by atoms with Crippen molar-refractivity contribution in [2.75, 3.05) is 5.73 Å². The summed E-state index contributed by atoms with van der Waals surface area (Å²) in [6.07, 6.45) is 1.60. The summed E-state index contributed by atoms with van der Waals surface area (Å²) in [5.74, 6) is 1.22. The molecule has 4 aromatic rings. The molecule has 0 bridgehead atoms. The van der Waals surface area contributed by atoms with Crippen molar-refractivity contribution in [2.45, 2.75) is 0 Å². The molecule has 98 valence electrons. The van der Waals surface area contributed by atoms with Crippen LogP contribution in [0.1, 0.15) is 0 Å².